The lowest BCUT2D eigenvalue weighted by atomic mass is 10.2. The molecule has 0 bridgehead atoms. The van der Waals surface area contributed by atoms with Crippen molar-refractivity contribution < 1.29 is 9.72 Å². The van der Waals surface area contributed by atoms with E-state index >= 15 is 0 Å². The number of carbonyl (C=O) groups excluding carboxylic acids is 1. The molecule has 28 heavy (non-hydrogen) atoms. The zero-order valence-electron chi connectivity index (χ0n) is 14.8. The summed E-state index contributed by atoms with van der Waals surface area (Å²) < 4.78 is 0.859. The lowest BCUT2D eigenvalue weighted by Gasteiger charge is -2.07. The number of carbonyl (C=O) groups is 1. The van der Waals surface area contributed by atoms with Gasteiger partial charge in [0.25, 0.3) is 5.69 Å². The number of rotatable bonds is 9. The van der Waals surface area contributed by atoms with Crippen molar-refractivity contribution in [1.82, 2.24) is 10.3 Å². The molecule has 0 aliphatic carbocycles. The summed E-state index contributed by atoms with van der Waals surface area (Å²) in [6.45, 7) is 0.993. The molecule has 0 aliphatic heterocycles. The van der Waals surface area contributed by atoms with E-state index in [9.17, 15) is 14.9 Å². The van der Waals surface area contributed by atoms with Gasteiger partial charge in [0.15, 0.2) is 4.34 Å². The summed E-state index contributed by atoms with van der Waals surface area (Å²) in [7, 11) is 0. The number of benzene rings is 2. The lowest BCUT2D eigenvalue weighted by Crippen LogP contribution is -2.30. The van der Waals surface area contributed by atoms with Crippen LogP contribution in [0.2, 0.25) is 0 Å². The van der Waals surface area contributed by atoms with Crippen molar-refractivity contribution in [2.75, 3.05) is 24.2 Å². The number of hydrogen-bond donors (Lipinski definition) is 2. The molecule has 0 unspecified atom stereocenters. The molecule has 1 aromatic heterocycles. The van der Waals surface area contributed by atoms with Crippen molar-refractivity contribution in [3.05, 3.63) is 70.1 Å². The average Bonchev–Trinajstić information content (AvgIpc) is 3.20. The van der Waals surface area contributed by atoms with Crippen LogP contribution in [0.25, 0.3) is 11.3 Å². The van der Waals surface area contributed by atoms with Gasteiger partial charge in [-0.2, -0.15) is 0 Å². The molecule has 0 atom stereocenters. The molecule has 1 heterocycles. The van der Waals surface area contributed by atoms with Crippen LogP contribution in [-0.2, 0) is 4.79 Å². The Kier molecular flexibility index (Phi) is 6.99. The van der Waals surface area contributed by atoms with Crippen molar-refractivity contribution in [2.45, 2.75) is 4.34 Å². The number of nitro groups is 1. The molecule has 2 N–H and O–H groups in total. The summed E-state index contributed by atoms with van der Waals surface area (Å²) in [6.07, 6.45) is 0. The van der Waals surface area contributed by atoms with E-state index in [1.165, 1.54) is 35.2 Å². The van der Waals surface area contributed by atoms with Crippen LogP contribution in [0.3, 0.4) is 0 Å². The first-order valence-electron chi connectivity index (χ1n) is 8.50. The van der Waals surface area contributed by atoms with Crippen LogP contribution in [0, 0.1) is 10.1 Å². The number of aromatic nitrogens is 1. The molecule has 3 rings (SSSR count). The van der Waals surface area contributed by atoms with E-state index in [-0.39, 0.29) is 11.6 Å². The van der Waals surface area contributed by atoms with Gasteiger partial charge in [-0.05, 0) is 12.1 Å². The number of anilines is 1. The maximum atomic E-state index is 12.0. The molecule has 0 aliphatic rings. The van der Waals surface area contributed by atoms with Gasteiger partial charge in [-0.25, -0.2) is 4.98 Å². The van der Waals surface area contributed by atoms with Crippen LogP contribution >= 0.6 is 23.1 Å². The second-order valence-corrected chi connectivity index (χ2v) is 7.81. The molecule has 0 saturated heterocycles. The molecular formula is C19H18N4O3S2. The molecule has 144 valence electrons. The van der Waals surface area contributed by atoms with Gasteiger partial charge in [0.1, 0.15) is 0 Å². The topological polar surface area (TPSA) is 97.2 Å². The first-order valence-corrected chi connectivity index (χ1v) is 10.4. The summed E-state index contributed by atoms with van der Waals surface area (Å²) in [6, 6.07) is 16.1. The monoisotopic (exact) mass is 414 g/mol. The molecule has 0 spiro atoms. The molecule has 3 aromatic rings. The Labute approximate surface area is 170 Å². The van der Waals surface area contributed by atoms with Crippen molar-refractivity contribution in [2.24, 2.45) is 0 Å². The van der Waals surface area contributed by atoms with Gasteiger partial charge in [0, 0.05) is 41.9 Å². The van der Waals surface area contributed by atoms with E-state index in [0.717, 1.165) is 21.3 Å². The van der Waals surface area contributed by atoms with Gasteiger partial charge in [-0.15, -0.1) is 11.3 Å². The smallest absolute Gasteiger partial charge is 0.269 e. The summed E-state index contributed by atoms with van der Waals surface area (Å²) in [5, 5.41) is 18.6. The minimum atomic E-state index is -0.438. The number of thioether (sulfide) groups is 1. The zero-order chi connectivity index (χ0) is 19.8. The van der Waals surface area contributed by atoms with E-state index in [1.54, 1.807) is 12.1 Å². The third-order valence-electron chi connectivity index (χ3n) is 3.73. The predicted octanol–water partition coefficient (Wildman–Crippen LogP) is 4.04. The highest BCUT2D eigenvalue weighted by molar-refractivity contribution is 8.01. The van der Waals surface area contributed by atoms with Gasteiger partial charge in [-0.3, -0.25) is 14.9 Å². The van der Waals surface area contributed by atoms with Crippen LogP contribution in [0.1, 0.15) is 0 Å². The second-order valence-electron chi connectivity index (χ2n) is 5.73. The fourth-order valence-electron chi connectivity index (χ4n) is 2.35. The lowest BCUT2D eigenvalue weighted by molar-refractivity contribution is -0.384. The normalized spacial score (nSPS) is 10.4. The number of nitro benzene ring substituents is 1. The molecule has 1 amide bonds. The summed E-state index contributed by atoms with van der Waals surface area (Å²) in [5.41, 5.74) is 2.80. The van der Waals surface area contributed by atoms with Gasteiger partial charge in [0.05, 0.1) is 16.4 Å². The van der Waals surface area contributed by atoms with Gasteiger partial charge in [0.2, 0.25) is 5.91 Å². The highest BCUT2D eigenvalue weighted by Crippen LogP contribution is 2.27. The van der Waals surface area contributed by atoms with E-state index in [0.29, 0.717) is 18.8 Å². The van der Waals surface area contributed by atoms with Crippen molar-refractivity contribution in [3.8, 4) is 11.3 Å². The Hall–Kier alpha value is -2.91. The fourth-order valence-corrected chi connectivity index (χ4v) is 4.02. The Morgan fingerprint density at radius 3 is 2.57 bits per heavy atom. The highest BCUT2D eigenvalue weighted by Gasteiger charge is 2.08. The third kappa shape index (κ3) is 5.80. The van der Waals surface area contributed by atoms with Crippen LogP contribution < -0.4 is 10.6 Å². The largest absolute Gasteiger partial charge is 0.383 e. The molecule has 7 nitrogen and oxygen atoms in total. The molecular weight excluding hydrogens is 396 g/mol. The third-order valence-corrected chi connectivity index (χ3v) is 5.75. The van der Waals surface area contributed by atoms with Crippen molar-refractivity contribution in [1.29, 1.82) is 0 Å². The fraction of sp³-hybridized carbons (Fsp3) is 0.158. The molecule has 0 saturated carbocycles. The highest BCUT2D eigenvalue weighted by atomic mass is 32.2. The first-order chi connectivity index (χ1) is 13.6. The van der Waals surface area contributed by atoms with E-state index in [2.05, 4.69) is 15.6 Å². The Bertz CT molecular complexity index is 930. The van der Waals surface area contributed by atoms with Crippen LogP contribution in [0.5, 0.6) is 0 Å². The number of non-ortho nitro benzene ring substituents is 1. The molecule has 0 fully saturated rings. The SMILES string of the molecule is O=C(CSc1nc(-c2ccccc2)cs1)NCCNc1ccc([N+](=O)[O-])cc1. The summed E-state index contributed by atoms with van der Waals surface area (Å²) in [4.78, 5) is 26.7. The molecule has 2 aromatic carbocycles. The maximum absolute atomic E-state index is 12.0. The predicted molar refractivity (Wildman–Crippen MR) is 113 cm³/mol. The van der Waals surface area contributed by atoms with Gasteiger partial charge in [-0.1, -0.05) is 42.1 Å². The number of thiazole rings is 1. The van der Waals surface area contributed by atoms with Gasteiger partial charge < -0.3 is 10.6 Å². The standard InChI is InChI=1S/C19H18N4O3S2/c24-18(21-11-10-20-15-6-8-16(9-7-15)23(25)26)13-28-19-22-17(12-27-19)14-4-2-1-3-5-14/h1-9,12,20H,10-11,13H2,(H,21,24). The zero-order valence-corrected chi connectivity index (χ0v) is 16.5. The number of nitrogens with zero attached hydrogens (tertiary/aromatic N) is 2. The summed E-state index contributed by atoms with van der Waals surface area (Å²) >= 11 is 2.94. The summed E-state index contributed by atoms with van der Waals surface area (Å²) in [5.74, 6) is 0.242. The Morgan fingerprint density at radius 1 is 1.11 bits per heavy atom. The van der Waals surface area contributed by atoms with E-state index in [1.807, 2.05) is 35.7 Å². The average molecular weight is 415 g/mol. The Morgan fingerprint density at radius 2 is 1.86 bits per heavy atom. The van der Waals surface area contributed by atoms with Crippen molar-refractivity contribution >= 4 is 40.4 Å². The molecule has 9 heteroatoms. The minimum Gasteiger partial charge on any atom is -0.383 e. The second kappa shape index (κ2) is 9.86. The van der Waals surface area contributed by atoms with Crippen LogP contribution in [0.15, 0.2) is 64.3 Å². The van der Waals surface area contributed by atoms with E-state index in [4.69, 9.17) is 0 Å². The van der Waals surface area contributed by atoms with Crippen LogP contribution in [0.4, 0.5) is 11.4 Å². The number of amides is 1. The maximum Gasteiger partial charge on any atom is 0.269 e. The minimum absolute atomic E-state index is 0.0495. The quantitative estimate of drug-likeness (QED) is 0.237. The van der Waals surface area contributed by atoms with E-state index < -0.39 is 4.92 Å². The Balaban J connectivity index is 1.36. The van der Waals surface area contributed by atoms with Crippen molar-refractivity contribution in [3.63, 3.8) is 0 Å². The first kappa shape index (κ1) is 19.8. The number of hydrogen-bond acceptors (Lipinski definition) is 7. The van der Waals surface area contributed by atoms with Crippen LogP contribution in [-0.4, -0.2) is 34.7 Å². The molecule has 0 radical (unpaired) electrons. The number of nitrogens with one attached hydrogen (secondary N) is 2. The van der Waals surface area contributed by atoms with Gasteiger partial charge >= 0.3 is 0 Å².